The van der Waals surface area contributed by atoms with Crippen LogP contribution in [0, 0.1) is 0 Å². The van der Waals surface area contributed by atoms with E-state index in [1.165, 1.54) is 11.3 Å². The molecule has 0 aliphatic heterocycles. The van der Waals surface area contributed by atoms with Crippen molar-refractivity contribution in [2.75, 3.05) is 37.8 Å². The van der Waals surface area contributed by atoms with Crippen LogP contribution in [0.2, 0.25) is 0 Å². The van der Waals surface area contributed by atoms with Crippen LogP contribution in [0.4, 0.5) is 5.13 Å². The van der Waals surface area contributed by atoms with Gasteiger partial charge < -0.3 is 15.2 Å². The fourth-order valence-corrected chi connectivity index (χ4v) is 2.45. The third-order valence-electron chi connectivity index (χ3n) is 2.43. The van der Waals surface area contributed by atoms with Crippen LogP contribution < -0.4 is 10.2 Å². The Hall–Kier alpha value is -1.02. The molecule has 0 saturated heterocycles. The number of ether oxygens (including phenoxy) is 1. The predicted molar refractivity (Wildman–Crippen MR) is 75.4 cm³/mol. The van der Waals surface area contributed by atoms with Gasteiger partial charge in [-0.1, -0.05) is 0 Å². The number of aliphatic hydroxyl groups is 1. The molecule has 0 aliphatic carbocycles. The zero-order chi connectivity index (χ0) is 14.1. The summed E-state index contributed by atoms with van der Waals surface area (Å²) >= 11 is 1.47. The molecule has 0 bridgehead atoms. The molecule has 2 N–H and O–H groups in total. The zero-order valence-corrected chi connectivity index (χ0v) is 12.2. The number of hydrogen-bond acceptors (Lipinski definition) is 6. The number of hydrogen-bond donors (Lipinski definition) is 2. The smallest absolute Gasteiger partial charge is 0.225 e. The SMILES string of the molecule is CCN(C(C)=O)c1nc(CNCCOCCO)cs1. The molecule has 0 aromatic carbocycles. The molecular formula is C12H21N3O3S. The van der Waals surface area contributed by atoms with Crippen molar-refractivity contribution < 1.29 is 14.6 Å². The lowest BCUT2D eigenvalue weighted by molar-refractivity contribution is -0.116. The van der Waals surface area contributed by atoms with Crippen LogP contribution in [0.15, 0.2) is 5.38 Å². The van der Waals surface area contributed by atoms with Gasteiger partial charge in [0.2, 0.25) is 5.91 Å². The topological polar surface area (TPSA) is 74.7 Å². The number of aliphatic hydroxyl groups excluding tert-OH is 1. The van der Waals surface area contributed by atoms with Gasteiger partial charge in [-0.2, -0.15) is 0 Å². The minimum atomic E-state index is 0.00811. The van der Waals surface area contributed by atoms with Crippen molar-refractivity contribution >= 4 is 22.4 Å². The quantitative estimate of drug-likeness (QED) is 0.651. The van der Waals surface area contributed by atoms with Crippen LogP contribution in [0.1, 0.15) is 19.5 Å². The predicted octanol–water partition coefficient (Wildman–Crippen LogP) is 0.614. The van der Waals surface area contributed by atoms with Gasteiger partial charge in [0.05, 0.1) is 25.5 Å². The molecule has 7 heteroatoms. The first-order valence-corrected chi connectivity index (χ1v) is 7.18. The van der Waals surface area contributed by atoms with E-state index >= 15 is 0 Å². The van der Waals surface area contributed by atoms with Crippen LogP contribution in [0.25, 0.3) is 0 Å². The second-order valence-corrected chi connectivity index (χ2v) is 4.73. The summed E-state index contributed by atoms with van der Waals surface area (Å²) in [5.74, 6) is 0.00811. The lowest BCUT2D eigenvalue weighted by atomic mass is 10.5. The Morgan fingerprint density at radius 1 is 1.58 bits per heavy atom. The average Bonchev–Trinajstić information content (AvgIpc) is 2.82. The summed E-state index contributed by atoms with van der Waals surface area (Å²) in [5, 5.41) is 14.4. The largest absolute Gasteiger partial charge is 0.394 e. The van der Waals surface area contributed by atoms with Gasteiger partial charge in [0, 0.05) is 31.9 Å². The summed E-state index contributed by atoms with van der Waals surface area (Å²) in [7, 11) is 0. The molecule has 108 valence electrons. The van der Waals surface area contributed by atoms with E-state index in [-0.39, 0.29) is 12.5 Å². The van der Waals surface area contributed by atoms with E-state index in [4.69, 9.17) is 9.84 Å². The van der Waals surface area contributed by atoms with Gasteiger partial charge in [-0.25, -0.2) is 4.98 Å². The average molecular weight is 287 g/mol. The molecule has 1 heterocycles. The molecule has 1 aromatic heterocycles. The second kappa shape index (κ2) is 8.98. The van der Waals surface area contributed by atoms with Gasteiger partial charge in [0.25, 0.3) is 0 Å². The van der Waals surface area contributed by atoms with Crippen molar-refractivity contribution in [1.29, 1.82) is 0 Å². The Bertz CT molecular complexity index is 384. The number of carbonyl (C=O) groups excluding carboxylic acids is 1. The van der Waals surface area contributed by atoms with Crippen molar-refractivity contribution in [2.24, 2.45) is 0 Å². The third-order valence-corrected chi connectivity index (χ3v) is 3.34. The minimum Gasteiger partial charge on any atom is -0.394 e. The number of nitrogens with one attached hydrogen (secondary N) is 1. The van der Waals surface area contributed by atoms with E-state index in [1.807, 2.05) is 12.3 Å². The van der Waals surface area contributed by atoms with Crippen molar-refractivity contribution in [3.8, 4) is 0 Å². The summed E-state index contributed by atoms with van der Waals surface area (Å²) in [4.78, 5) is 17.5. The fourth-order valence-electron chi connectivity index (χ4n) is 1.52. The zero-order valence-electron chi connectivity index (χ0n) is 11.4. The molecule has 0 spiro atoms. The molecule has 1 aromatic rings. The van der Waals surface area contributed by atoms with Crippen molar-refractivity contribution in [2.45, 2.75) is 20.4 Å². The van der Waals surface area contributed by atoms with Gasteiger partial charge in [-0.05, 0) is 6.92 Å². The molecule has 0 fully saturated rings. The minimum absolute atomic E-state index is 0.00811. The first kappa shape index (κ1) is 16.0. The normalized spacial score (nSPS) is 10.7. The highest BCUT2D eigenvalue weighted by molar-refractivity contribution is 7.14. The maximum absolute atomic E-state index is 11.4. The molecular weight excluding hydrogens is 266 g/mol. The number of thiazole rings is 1. The Balaban J connectivity index is 2.32. The fraction of sp³-hybridized carbons (Fsp3) is 0.667. The Morgan fingerprint density at radius 2 is 2.37 bits per heavy atom. The summed E-state index contributed by atoms with van der Waals surface area (Å²) in [6.07, 6.45) is 0. The highest BCUT2D eigenvalue weighted by atomic mass is 32.1. The lowest BCUT2D eigenvalue weighted by Crippen LogP contribution is -2.27. The van der Waals surface area contributed by atoms with E-state index in [0.717, 1.165) is 10.8 Å². The second-order valence-electron chi connectivity index (χ2n) is 3.90. The number of carbonyl (C=O) groups is 1. The number of amides is 1. The Kier molecular flexibility index (Phi) is 7.57. The lowest BCUT2D eigenvalue weighted by Gasteiger charge is -2.14. The van der Waals surface area contributed by atoms with Gasteiger partial charge in [0.1, 0.15) is 0 Å². The molecule has 0 aliphatic rings. The molecule has 6 nitrogen and oxygen atoms in total. The summed E-state index contributed by atoms with van der Waals surface area (Å²) in [5.41, 5.74) is 0.918. The number of rotatable bonds is 9. The summed E-state index contributed by atoms with van der Waals surface area (Å²) < 4.78 is 5.13. The number of anilines is 1. The van der Waals surface area contributed by atoms with E-state index in [9.17, 15) is 4.79 Å². The van der Waals surface area contributed by atoms with Gasteiger partial charge in [0.15, 0.2) is 5.13 Å². The highest BCUT2D eigenvalue weighted by Crippen LogP contribution is 2.20. The van der Waals surface area contributed by atoms with E-state index < -0.39 is 0 Å². The van der Waals surface area contributed by atoms with Crippen LogP contribution in [-0.2, 0) is 16.1 Å². The van der Waals surface area contributed by atoms with Gasteiger partial charge in [-0.3, -0.25) is 9.69 Å². The number of aromatic nitrogens is 1. The molecule has 0 saturated carbocycles. The number of nitrogens with zero attached hydrogens (tertiary/aromatic N) is 2. The molecule has 0 radical (unpaired) electrons. The van der Waals surface area contributed by atoms with Crippen molar-refractivity contribution in [3.05, 3.63) is 11.1 Å². The maximum atomic E-state index is 11.4. The Morgan fingerprint density at radius 3 is 3.00 bits per heavy atom. The van der Waals surface area contributed by atoms with Gasteiger partial charge in [-0.15, -0.1) is 11.3 Å². The first-order chi connectivity index (χ1) is 9.19. The molecule has 0 atom stereocenters. The monoisotopic (exact) mass is 287 g/mol. The molecule has 1 rings (SSSR count). The van der Waals surface area contributed by atoms with Crippen LogP contribution in [-0.4, -0.2) is 48.9 Å². The van der Waals surface area contributed by atoms with Crippen LogP contribution in [0.3, 0.4) is 0 Å². The van der Waals surface area contributed by atoms with E-state index in [1.54, 1.807) is 11.8 Å². The van der Waals surface area contributed by atoms with E-state index in [2.05, 4.69) is 10.3 Å². The standard InChI is InChI=1S/C12H21N3O3S/c1-3-15(10(2)17)12-14-11(9-19-12)8-13-4-6-18-7-5-16/h9,13,16H,3-8H2,1-2H3. The van der Waals surface area contributed by atoms with E-state index in [0.29, 0.717) is 32.8 Å². The van der Waals surface area contributed by atoms with Crippen LogP contribution >= 0.6 is 11.3 Å². The summed E-state index contributed by atoms with van der Waals surface area (Å²) in [6.45, 7) is 6.43. The molecule has 0 unspecified atom stereocenters. The molecule has 1 amide bonds. The maximum Gasteiger partial charge on any atom is 0.225 e. The van der Waals surface area contributed by atoms with Gasteiger partial charge >= 0.3 is 0 Å². The first-order valence-electron chi connectivity index (χ1n) is 6.30. The van der Waals surface area contributed by atoms with Crippen molar-refractivity contribution in [1.82, 2.24) is 10.3 Å². The van der Waals surface area contributed by atoms with Crippen molar-refractivity contribution in [3.63, 3.8) is 0 Å². The molecule has 19 heavy (non-hydrogen) atoms. The Labute approximate surface area is 117 Å². The third kappa shape index (κ3) is 5.65. The summed E-state index contributed by atoms with van der Waals surface area (Å²) in [6, 6.07) is 0. The highest BCUT2D eigenvalue weighted by Gasteiger charge is 2.12. The van der Waals surface area contributed by atoms with Crippen LogP contribution in [0.5, 0.6) is 0 Å².